The van der Waals surface area contributed by atoms with Gasteiger partial charge in [0.1, 0.15) is 11.6 Å². The number of carbonyl (C=O) groups excluding carboxylic acids is 1. The third-order valence-electron chi connectivity index (χ3n) is 3.71. The normalized spacial score (nSPS) is 13.6. The molecule has 0 spiro atoms. The van der Waals surface area contributed by atoms with Gasteiger partial charge in [0.25, 0.3) is 0 Å². The molecule has 4 nitrogen and oxygen atoms in total. The summed E-state index contributed by atoms with van der Waals surface area (Å²) in [5.41, 5.74) is 2.03. The van der Waals surface area contributed by atoms with E-state index in [0.717, 1.165) is 47.4 Å². The first-order valence-corrected chi connectivity index (χ1v) is 7.01. The minimum Gasteiger partial charge on any atom is -0.497 e. The fourth-order valence-corrected chi connectivity index (χ4v) is 2.65. The Balaban J connectivity index is 2.05. The highest BCUT2D eigenvalue weighted by Crippen LogP contribution is 2.31. The Morgan fingerprint density at radius 1 is 1.40 bits per heavy atom. The summed E-state index contributed by atoms with van der Waals surface area (Å²) < 4.78 is 5.23. The molecule has 104 valence electrons. The lowest BCUT2D eigenvalue weighted by Crippen LogP contribution is -2.29. The van der Waals surface area contributed by atoms with Crippen molar-refractivity contribution in [3.8, 4) is 5.75 Å². The van der Waals surface area contributed by atoms with E-state index in [1.165, 1.54) is 0 Å². The Hall–Kier alpha value is -2.10. The molecule has 0 saturated heterocycles. The molecule has 1 aromatic carbocycles. The topological polar surface area (TPSA) is 42.4 Å². The predicted molar refractivity (Wildman–Crippen MR) is 79.3 cm³/mol. The SMILES string of the molecule is CCCC(=O)N1CCc2cc3ccc(OC)cc3nc21. The Morgan fingerprint density at radius 2 is 2.25 bits per heavy atom. The largest absolute Gasteiger partial charge is 0.497 e. The maximum absolute atomic E-state index is 12.1. The lowest BCUT2D eigenvalue weighted by Gasteiger charge is -2.16. The van der Waals surface area contributed by atoms with Crippen molar-refractivity contribution >= 4 is 22.6 Å². The number of benzene rings is 1. The van der Waals surface area contributed by atoms with Crippen molar-refractivity contribution in [3.05, 3.63) is 29.8 Å². The van der Waals surface area contributed by atoms with Gasteiger partial charge in [0, 0.05) is 24.4 Å². The second-order valence-electron chi connectivity index (χ2n) is 5.08. The van der Waals surface area contributed by atoms with Gasteiger partial charge < -0.3 is 4.74 Å². The van der Waals surface area contributed by atoms with Crippen LogP contribution in [-0.2, 0) is 11.2 Å². The van der Waals surface area contributed by atoms with E-state index < -0.39 is 0 Å². The zero-order chi connectivity index (χ0) is 14.1. The van der Waals surface area contributed by atoms with E-state index in [4.69, 9.17) is 4.74 Å². The van der Waals surface area contributed by atoms with Crippen LogP contribution in [0.3, 0.4) is 0 Å². The molecule has 0 saturated carbocycles. The molecule has 2 heterocycles. The van der Waals surface area contributed by atoms with Crippen LogP contribution in [0.25, 0.3) is 10.9 Å². The molecule has 0 unspecified atom stereocenters. The maximum atomic E-state index is 12.1. The molecule has 1 amide bonds. The number of hydrogen-bond acceptors (Lipinski definition) is 3. The molecule has 1 aliphatic heterocycles. The number of amides is 1. The quantitative estimate of drug-likeness (QED) is 0.861. The van der Waals surface area contributed by atoms with Crippen LogP contribution in [0.1, 0.15) is 25.3 Å². The van der Waals surface area contributed by atoms with E-state index in [1.54, 1.807) is 7.11 Å². The van der Waals surface area contributed by atoms with Crippen LogP contribution >= 0.6 is 0 Å². The number of nitrogens with zero attached hydrogens (tertiary/aromatic N) is 2. The van der Waals surface area contributed by atoms with Gasteiger partial charge in [0.15, 0.2) is 0 Å². The molecular weight excluding hydrogens is 252 g/mol. The third-order valence-corrected chi connectivity index (χ3v) is 3.71. The van der Waals surface area contributed by atoms with Crippen LogP contribution < -0.4 is 9.64 Å². The molecule has 0 radical (unpaired) electrons. The first-order chi connectivity index (χ1) is 9.72. The Kier molecular flexibility index (Phi) is 3.30. The molecule has 0 bridgehead atoms. The summed E-state index contributed by atoms with van der Waals surface area (Å²) in [6.07, 6.45) is 2.34. The second-order valence-corrected chi connectivity index (χ2v) is 5.08. The van der Waals surface area contributed by atoms with Gasteiger partial charge in [-0.05, 0) is 36.6 Å². The number of fused-ring (bicyclic) bond motifs is 2. The van der Waals surface area contributed by atoms with E-state index in [2.05, 4.69) is 11.1 Å². The zero-order valence-corrected chi connectivity index (χ0v) is 11.8. The van der Waals surface area contributed by atoms with Crippen molar-refractivity contribution in [1.29, 1.82) is 0 Å². The first kappa shape index (κ1) is 12.9. The van der Waals surface area contributed by atoms with Gasteiger partial charge >= 0.3 is 0 Å². The molecule has 0 atom stereocenters. The number of pyridine rings is 1. The summed E-state index contributed by atoms with van der Waals surface area (Å²) in [5, 5.41) is 1.09. The highest BCUT2D eigenvalue weighted by molar-refractivity contribution is 5.96. The summed E-state index contributed by atoms with van der Waals surface area (Å²) in [6, 6.07) is 8.00. The third kappa shape index (κ3) is 2.11. The van der Waals surface area contributed by atoms with Gasteiger partial charge in [0.05, 0.1) is 12.6 Å². The number of anilines is 1. The van der Waals surface area contributed by atoms with Crippen LogP contribution in [0.2, 0.25) is 0 Å². The molecule has 2 aromatic rings. The van der Waals surface area contributed by atoms with Gasteiger partial charge in [-0.2, -0.15) is 0 Å². The molecule has 0 aliphatic carbocycles. The van der Waals surface area contributed by atoms with Crippen molar-refractivity contribution in [2.75, 3.05) is 18.6 Å². The van der Waals surface area contributed by atoms with Gasteiger partial charge in [-0.3, -0.25) is 9.69 Å². The minimum atomic E-state index is 0.168. The van der Waals surface area contributed by atoms with E-state index in [1.807, 2.05) is 30.0 Å². The Labute approximate surface area is 118 Å². The number of carbonyl (C=O) groups is 1. The summed E-state index contributed by atoms with van der Waals surface area (Å²) in [5.74, 6) is 1.78. The summed E-state index contributed by atoms with van der Waals surface area (Å²) in [6.45, 7) is 2.77. The molecule has 4 heteroatoms. The molecule has 0 fully saturated rings. The predicted octanol–water partition coefficient (Wildman–Crippen LogP) is 2.93. The highest BCUT2D eigenvalue weighted by atomic mass is 16.5. The highest BCUT2D eigenvalue weighted by Gasteiger charge is 2.25. The van der Waals surface area contributed by atoms with Crippen LogP contribution in [0.5, 0.6) is 5.75 Å². The molecule has 3 rings (SSSR count). The Morgan fingerprint density at radius 3 is 3.00 bits per heavy atom. The van der Waals surface area contributed by atoms with Gasteiger partial charge in [-0.1, -0.05) is 6.92 Å². The Bertz CT molecular complexity index is 667. The molecule has 1 aromatic heterocycles. The van der Waals surface area contributed by atoms with Crippen molar-refractivity contribution in [2.24, 2.45) is 0 Å². The smallest absolute Gasteiger partial charge is 0.228 e. The van der Waals surface area contributed by atoms with E-state index >= 15 is 0 Å². The fourth-order valence-electron chi connectivity index (χ4n) is 2.65. The van der Waals surface area contributed by atoms with Crippen LogP contribution in [0.15, 0.2) is 24.3 Å². The lowest BCUT2D eigenvalue weighted by atomic mass is 10.1. The van der Waals surface area contributed by atoms with Crippen molar-refractivity contribution < 1.29 is 9.53 Å². The fraction of sp³-hybridized carbons (Fsp3) is 0.375. The van der Waals surface area contributed by atoms with Crippen LogP contribution in [0, 0.1) is 0 Å². The van der Waals surface area contributed by atoms with Crippen LogP contribution in [-0.4, -0.2) is 24.5 Å². The number of methoxy groups -OCH3 is 1. The number of aromatic nitrogens is 1. The number of rotatable bonds is 3. The zero-order valence-electron chi connectivity index (χ0n) is 11.8. The van der Waals surface area contributed by atoms with Gasteiger partial charge in [-0.15, -0.1) is 0 Å². The lowest BCUT2D eigenvalue weighted by molar-refractivity contribution is -0.118. The summed E-state index contributed by atoms with van der Waals surface area (Å²) in [4.78, 5) is 18.6. The van der Waals surface area contributed by atoms with E-state index in [-0.39, 0.29) is 5.91 Å². The molecule has 0 N–H and O–H groups in total. The van der Waals surface area contributed by atoms with Crippen LogP contribution in [0.4, 0.5) is 5.82 Å². The van der Waals surface area contributed by atoms with Gasteiger partial charge in [0.2, 0.25) is 5.91 Å². The van der Waals surface area contributed by atoms with Gasteiger partial charge in [-0.25, -0.2) is 4.98 Å². The maximum Gasteiger partial charge on any atom is 0.228 e. The average molecular weight is 270 g/mol. The number of ether oxygens (including phenoxy) is 1. The van der Waals surface area contributed by atoms with Crippen molar-refractivity contribution in [3.63, 3.8) is 0 Å². The average Bonchev–Trinajstić information content (AvgIpc) is 2.87. The van der Waals surface area contributed by atoms with Crippen molar-refractivity contribution in [1.82, 2.24) is 4.98 Å². The molecule has 1 aliphatic rings. The number of hydrogen-bond donors (Lipinski definition) is 0. The molecule has 20 heavy (non-hydrogen) atoms. The van der Waals surface area contributed by atoms with E-state index in [9.17, 15) is 4.79 Å². The second kappa shape index (κ2) is 5.12. The minimum absolute atomic E-state index is 0.168. The molecular formula is C16H18N2O2. The summed E-state index contributed by atoms with van der Waals surface area (Å²) in [7, 11) is 1.64. The standard InChI is InChI=1S/C16H18N2O2/c1-3-4-15(19)18-8-7-12-9-11-5-6-13(20-2)10-14(11)17-16(12)18/h5-6,9-10H,3-4,7-8H2,1-2H3. The van der Waals surface area contributed by atoms with E-state index in [0.29, 0.717) is 6.42 Å². The summed E-state index contributed by atoms with van der Waals surface area (Å²) >= 11 is 0. The van der Waals surface area contributed by atoms with Crippen molar-refractivity contribution in [2.45, 2.75) is 26.2 Å². The monoisotopic (exact) mass is 270 g/mol. The first-order valence-electron chi connectivity index (χ1n) is 7.01.